The summed E-state index contributed by atoms with van der Waals surface area (Å²) >= 11 is 7.63. The van der Waals surface area contributed by atoms with E-state index in [2.05, 4.69) is 11.9 Å². The number of rotatable bonds is 2. The first-order chi connectivity index (χ1) is 7.61. The lowest BCUT2D eigenvalue weighted by molar-refractivity contribution is 1.10. The van der Waals surface area contributed by atoms with Gasteiger partial charge < -0.3 is 5.73 Å². The van der Waals surface area contributed by atoms with Gasteiger partial charge in [0.2, 0.25) is 0 Å². The van der Waals surface area contributed by atoms with Gasteiger partial charge in [-0.15, -0.1) is 11.3 Å². The molecule has 0 aliphatic carbocycles. The molecule has 2 aromatic rings. The van der Waals surface area contributed by atoms with E-state index in [9.17, 15) is 0 Å². The van der Waals surface area contributed by atoms with E-state index in [1.165, 1.54) is 0 Å². The first-order valence-corrected chi connectivity index (χ1v) is 6.33. The zero-order valence-corrected chi connectivity index (χ0v) is 10.8. The molecule has 0 aliphatic rings. The number of anilines is 1. The summed E-state index contributed by atoms with van der Waals surface area (Å²) in [5.41, 5.74) is 8.86. The van der Waals surface area contributed by atoms with Gasteiger partial charge in [-0.3, -0.25) is 0 Å². The fraction of sp³-hybridized carbons (Fsp3) is 0.250. The summed E-state index contributed by atoms with van der Waals surface area (Å²) in [6, 6.07) is 5.91. The molecule has 2 rings (SSSR count). The Bertz CT molecular complexity index is 520. The van der Waals surface area contributed by atoms with Gasteiger partial charge >= 0.3 is 0 Å². The summed E-state index contributed by atoms with van der Waals surface area (Å²) in [6.45, 7) is 4.05. The molecule has 0 fully saturated rings. The smallest absolute Gasteiger partial charge is 0.114 e. The van der Waals surface area contributed by atoms with Crippen LogP contribution >= 0.6 is 22.9 Å². The number of aryl methyl sites for hydroxylation is 2. The molecule has 2 nitrogen and oxygen atoms in total. The van der Waals surface area contributed by atoms with Crippen molar-refractivity contribution in [1.29, 1.82) is 0 Å². The van der Waals surface area contributed by atoms with Gasteiger partial charge in [0.05, 0.1) is 5.01 Å². The molecular formula is C12H13ClN2S. The van der Waals surface area contributed by atoms with Gasteiger partial charge in [0, 0.05) is 10.6 Å². The zero-order chi connectivity index (χ0) is 11.7. The average molecular weight is 253 g/mol. The summed E-state index contributed by atoms with van der Waals surface area (Å²) in [4.78, 5) is 4.50. The molecular weight excluding hydrogens is 240 g/mol. The van der Waals surface area contributed by atoms with Crippen LogP contribution < -0.4 is 5.73 Å². The first-order valence-electron chi connectivity index (χ1n) is 5.13. The Kier molecular flexibility index (Phi) is 3.17. The molecule has 0 radical (unpaired) electrons. The number of nitrogens with zero attached hydrogens (tertiary/aromatic N) is 1. The minimum atomic E-state index is 0.753. The van der Waals surface area contributed by atoms with E-state index in [-0.39, 0.29) is 0 Å². The predicted molar refractivity (Wildman–Crippen MR) is 71.1 cm³/mol. The predicted octanol–water partition coefficient (Wildman–Crippen LogP) is 3.92. The van der Waals surface area contributed by atoms with E-state index >= 15 is 0 Å². The van der Waals surface area contributed by atoms with E-state index in [0.717, 1.165) is 38.3 Å². The van der Waals surface area contributed by atoms with Crippen molar-refractivity contribution >= 4 is 27.9 Å². The molecule has 4 heteroatoms. The molecule has 84 valence electrons. The maximum Gasteiger partial charge on any atom is 0.114 e. The molecule has 0 amide bonds. The van der Waals surface area contributed by atoms with Crippen LogP contribution in [0.2, 0.25) is 5.02 Å². The Morgan fingerprint density at radius 2 is 2.19 bits per heavy atom. The lowest BCUT2D eigenvalue weighted by atomic mass is 10.1. The summed E-state index contributed by atoms with van der Waals surface area (Å²) in [5, 5.41) is 2.57. The van der Waals surface area contributed by atoms with E-state index in [1.807, 2.05) is 25.1 Å². The molecule has 0 aliphatic heterocycles. The number of hydrogen-bond acceptors (Lipinski definition) is 3. The van der Waals surface area contributed by atoms with Crippen molar-refractivity contribution in [2.75, 3.05) is 5.73 Å². The second-order valence-electron chi connectivity index (χ2n) is 3.64. The van der Waals surface area contributed by atoms with Gasteiger partial charge in [-0.1, -0.05) is 30.7 Å². The minimum absolute atomic E-state index is 0.753. The van der Waals surface area contributed by atoms with Gasteiger partial charge in [0.25, 0.3) is 0 Å². The van der Waals surface area contributed by atoms with Gasteiger partial charge in [0.1, 0.15) is 10.7 Å². The van der Waals surface area contributed by atoms with Crippen LogP contribution in [0, 0.1) is 6.92 Å². The Morgan fingerprint density at radius 3 is 2.75 bits per heavy atom. The highest BCUT2D eigenvalue weighted by atomic mass is 35.5. The molecule has 0 bridgehead atoms. The second kappa shape index (κ2) is 4.44. The van der Waals surface area contributed by atoms with Crippen molar-refractivity contribution in [3.8, 4) is 11.3 Å². The maximum absolute atomic E-state index is 6.09. The van der Waals surface area contributed by atoms with E-state index in [1.54, 1.807) is 11.3 Å². The molecule has 1 heterocycles. The molecule has 2 N–H and O–H groups in total. The number of hydrogen-bond donors (Lipinski definition) is 1. The number of benzene rings is 1. The van der Waals surface area contributed by atoms with Gasteiger partial charge in [0.15, 0.2) is 0 Å². The molecule has 0 atom stereocenters. The van der Waals surface area contributed by atoms with Gasteiger partial charge in [-0.2, -0.15) is 0 Å². The molecule has 0 spiro atoms. The van der Waals surface area contributed by atoms with E-state index in [4.69, 9.17) is 17.3 Å². The number of nitrogens with two attached hydrogens (primary N) is 1. The third kappa shape index (κ3) is 2.06. The maximum atomic E-state index is 6.09. The van der Waals surface area contributed by atoms with E-state index < -0.39 is 0 Å². The number of thiazole rings is 1. The van der Waals surface area contributed by atoms with E-state index in [0.29, 0.717) is 0 Å². The van der Waals surface area contributed by atoms with Crippen LogP contribution in [0.1, 0.15) is 17.5 Å². The zero-order valence-electron chi connectivity index (χ0n) is 9.25. The number of nitrogen functional groups attached to an aromatic ring is 1. The van der Waals surface area contributed by atoms with Gasteiger partial charge in [-0.05, 0) is 25.0 Å². The molecule has 1 aromatic heterocycles. The van der Waals surface area contributed by atoms with Crippen molar-refractivity contribution in [2.24, 2.45) is 0 Å². The summed E-state index contributed by atoms with van der Waals surface area (Å²) < 4.78 is 0. The third-order valence-electron chi connectivity index (χ3n) is 2.45. The SMILES string of the molecule is CCc1nc(-c2ccc(C)c(Cl)c2)c(N)s1. The van der Waals surface area contributed by atoms with Crippen molar-refractivity contribution in [1.82, 2.24) is 4.98 Å². The fourth-order valence-electron chi connectivity index (χ4n) is 1.48. The molecule has 0 saturated heterocycles. The van der Waals surface area contributed by atoms with Crippen molar-refractivity contribution in [3.63, 3.8) is 0 Å². The first kappa shape index (κ1) is 11.4. The summed E-state index contributed by atoms with van der Waals surface area (Å²) in [7, 11) is 0. The topological polar surface area (TPSA) is 38.9 Å². The van der Waals surface area contributed by atoms with Crippen LogP contribution in [0.25, 0.3) is 11.3 Å². The highest BCUT2D eigenvalue weighted by Gasteiger charge is 2.10. The fourth-order valence-corrected chi connectivity index (χ4v) is 2.45. The number of aromatic nitrogens is 1. The van der Waals surface area contributed by atoms with Crippen molar-refractivity contribution < 1.29 is 0 Å². The number of halogens is 1. The van der Waals surface area contributed by atoms with Crippen molar-refractivity contribution in [2.45, 2.75) is 20.3 Å². The van der Waals surface area contributed by atoms with Crippen LogP contribution in [0.5, 0.6) is 0 Å². The van der Waals surface area contributed by atoms with Crippen LogP contribution in [0.3, 0.4) is 0 Å². The minimum Gasteiger partial charge on any atom is -0.389 e. The van der Waals surface area contributed by atoms with Gasteiger partial charge in [-0.25, -0.2) is 4.98 Å². The lowest BCUT2D eigenvalue weighted by Crippen LogP contribution is -1.87. The summed E-state index contributed by atoms with van der Waals surface area (Å²) in [6.07, 6.45) is 0.911. The van der Waals surface area contributed by atoms with Crippen LogP contribution in [-0.4, -0.2) is 4.98 Å². The third-order valence-corrected chi connectivity index (χ3v) is 3.88. The Labute approximate surface area is 104 Å². The lowest BCUT2D eigenvalue weighted by Gasteiger charge is -2.02. The molecule has 16 heavy (non-hydrogen) atoms. The largest absolute Gasteiger partial charge is 0.389 e. The van der Waals surface area contributed by atoms with Crippen molar-refractivity contribution in [3.05, 3.63) is 33.8 Å². The highest BCUT2D eigenvalue weighted by molar-refractivity contribution is 7.16. The molecule has 0 unspecified atom stereocenters. The molecule has 1 aromatic carbocycles. The quantitative estimate of drug-likeness (QED) is 0.880. The Hall–Kier alpha value is -1.06. The monoisotopic (exact) mass is 252 g/mol. The molecule has 0 saturated carbocycles. The van der Waals surface area contributed by atoms with Crippen LogP contribution in [0.15, 0.2) is 18.2 Å². The normalized spacial score (nSPS) is 10.7. The highest BCUT2D eigenvalue weighted by Crippen LogP contribution is 2.32. The van der Waals surface area contributed by atoms with Crippen LogP contribution in [0.4, 0.5) is 5.00 Å². The summed E-state index contributed by atoms with van der Waals surface area (Å²) in [5.74, 6) is 0. The van der Waals surface area contributed by atoms with Crippen LogP contribution in [-0.2, 0) is 6.42 Å². The standard InChI is InChI=1S/C12H13ClN2S/c1-3-10-15-11(12(14)16-10)8-5-4-7(2)9(13)6-8/h4-6H,3,14H2,1-2H3. The average Bonchev–Trinajstić information content (AvgIpc) is 2.64. The second-order valence-corrected chi connectivity index (χ2v) is 5.16. The Morgan fingerprint density at radius 1 is 1.44 bits per heavy atom. The Balaban J connectivity index is 2.49.